The van der Waals surface area contributed by atoms with Gasteiger partial charge in [0.25, 0.3) is 0 Å². The normalized spacial score (nSPS) is 9.42. The van der Waals surface area contributed by atoms with Crippen LogP contribution in [0.15, 0.2) is 12.8 Å². The van der Waals surface area contributed by atoms with Gasteiger partial charge in [-0.15, -0.1) is 0 Å². The van der Waals surface area contributed by atoms with Crippen LogP contribution in [0.3, 0.4) is 0 Å². The van der Waals surface area contributed by atoms with Crippen molar-refractivity contribution in [1.82, 2.24) is 9.97 Å². The van der Waals surface area contributed by atoms with Gasteiger partial charge in [0.1, 0.15) is 5.69 Å². The van der Waals surface area contributed by atoms with Crippen molar-refractivity contribution in [2.75, 3.05) is 16.8 Å². The third-order valence-corrected chi connectivity index (χ3v) is 1.19. The van der Waals surface area contributed by atoms with Crippen LogP contribution in [0, 0.1) is 6.08 Å². The van der Waals surface area contributed by atoms with Crippen molar-refractivity contribution in [3.05, 3.63) is 18.9 Å². The summed E-state index contributed by atoms with van der Waals surface area (Å²) in [6.07, 6.45) is 0.392. The van der Waals surface area contributed by atoms with Crippen LogP contribution in [-0.2, 0) is 0 Å². The smallest absolute Gasteiger partial charge is 0.312 e. The highest BCUT2D eigenvalue weighted by molar-refractivity contribution is 5.72. The van der Waals surface area contributed by atoms with Crippen molar-refractivity contribution in [2.45, 2.75) is 0 Å². The van der Waals surface area contributed by atoms with E-state index in [1.54, 1.807) is 0 Å². The maximum Gasteiger partial charge on any atom is 0.312 e. The molecule has 1 rings (SSSR count). The number of nitrogens with two attached hydrogens (primary N) is 2. The lowest BCUT2D eigenvalue weighted by molar-refractivity contribution is 0.543. The molecule has 0 spiro atoms. The van der Waals surface area contributed by atoms with E-state index >= 15 is 0 Å². The summed E-state index contributed by atoms with van der Waals surface area (Å²) in [4.78, 5) is 6.57. The van der Waals surface area contributed by atoms with Gasteiger partial charge in [0, 0.05) is 0 Å². The van der Waals surface area contributed by atoms with Gasteiger partial charge in [-0.05, 0) is 6.20 Å². The van der Waals surface area contributed by atoms with Gasteiger partial charge in [0.2, 0.25) is 0 Å². The van der Waals surface area contributed by atoms with Crippen molar-refractivity contribution >= 4 is 17.3 Å². The molecule has 0 fully saturated rings. The second-order valence-electron chi connectivity index (χ2n) is 1.99. The minimum absolute atomic E-state index is 0.0909. The third-order valence-electron chi connectivity index (χ3n) is 1.19. The first-order valence-electron chi connectivity index (χ1n) is 3.11. The predicted octanol–water partition coefficient (Wildman–Crippen LogP) is 0.335. The van der Waals surface area contributed by atoms with Gasteiger partial charge in [-0.25, -0.2) is 0 Å². The molecule has 12 heavy (non-hydrogen) atoms. The quantitative estimate of drug-likeness (QED) is 0.555. The summed E-state index contributed by atoms with van der Waals surface area (Å²) in [5.74, 6) is 0.0295. The highest BCUT2D eigenvalue weighted by Gasteiger charge is 2.06. The van der Waals surface area contributed by atoms with Crippen molar-refractivity contribution in [3.8, 4) is 0 Å². The highest BCUT2D eigenvalue weighted by atomic mass is 19.1. The molecule has 0 saturated heterocycles. The van der Waals surface area contributed by atoms with Crippen molar-refractivity contribution < 1.29 is 4.39 Å². The molecule has 1 aromatic rings. The Labute approximate surface area is 68.3 Å². The topological polar surface area (TPSA) is 89.8 Å². The van der Waals surface area contributed by atoms with Gasteiger partial charge in [0.05, 0.1) is 0 Å². The number of nitrogens with zero attached hydrogens (tertiary/aromatic N) is 2. The maximum absolute atomic E-state index is 12.5. The standard InChI is InChI=1S/C6H8FN5/c1-2-10-5-3(8)4(9)11-6(7)12-5/h2H,1,8H2,(H3,9,10,11,12). The minimum Gasteiger partial charge on any atom is -0.393 e. The first kappa shape index (κ1) is 8.25. The van der Waals surface area contributed by atoms with E-state index in [0.29, 0.717) is 0 Å². The Kier molecular flexibility index (Phi) is 2.09. The van der Waals surface area contributed by atoms with E-state index in [0.717, 1.165) is 0 Å². The molecule has 6 heteroatoms. The van der Waals surface area contributed by atoms with Crippen LogP contribution in [0.5, 0.6) is 0 Å². The first-order valence-corrected chi connectivity index (χ1v) is 3.11. The Bertz CT molecular complexity index is 311. The van der Waals surface area contributed by atoms with Gasteiger partial charge in [-0.2, -0.15) is 14.4 Å². The molecule has 0 aliphatic heterocycles. The number of hydrogen-bond acceptors (Lipinski definition) is 5. The van der Waals surface area contributed by atoms with Gasteiger partial charge < -0.3 is 16.8 Å². The van der Waals surface area contributed by atoms with Crippen LogP contribution in [0.4, 0.5) is 21.7 Å². The monoisotopic (exact) mass is 169 g/mol. The largest absolute Gasteiger partial charge is 0.393 e. The number of aromatic nitrogens is 2. The minimum atomic E-state index is -0.925. The summed E-state index contributed by atoms with van der Waals surface area (Å²) in [6.45, 7) is 3.37. The molecule has 1 heterocycles. The second kappa shape index (κ2) is 3.04. The van der Waals surface area contributed by atoms with E-state index in [1.807, 2.05) is 0 Å². The molecule has 1 aromatic heterocycles. The van der Waals surface area contributed by atoms with E-state index in [4.69, 9.17) is 11.5 Å². The third kappa shape index (κ3) is 1.42. The molecular formula is C6H8FN5. The average molecular weight is 169 g/mol. The van der Waals surface area contributed by atoms with Gasteiger partial charge in [-0.1, -0.05) is 6.58 Å². The summed E-state index contributed by atoms with van der Waals surface area (Å²) >= 11 is 0. The first-order chi connectivity index (χ1) is 5.65. The molecule has 64 valence electrons. The lowest BCUT2D eigenvalue weighted by atomic mass is 10.4. The Balaban J connectivity index is 3.17. The summed E-state index contributed by atoms with van der Waals surface area (Å²) in [5.41, 5.74) is 10.8. The number of halogens is 1. The molecule has 5 N–H and O–H groups in total. The van der Waals surface area contributed by atoms with E-state index in [-0.39, 0.29) is 17.3 Å². The number of hydrogen-bond donors (Lipinski definition) is 3. The van der Waals surface area contributed by atoms with E-state index in [1.165, 1.54) is 6.20 Å². The number of anilines is 3. The second-order valence-corrected chi connectivity index (χ2v) is 1.99. The predicted molar refractivity (Wildman–Crippen MR) is 44.6 cm³/mol. The van der Waals surface area contributed by atoms with Crippen LogP contribution >= 0.6 is 0 Å². The Morgan fingerprint density at radius 1 is 1.42 bits per heavy atom. The molecule has 0 bridgehead atoms. The van der Waals surface area contributed by atoms with Crippen LogP contribution in [0.25, 0.3) is 0 Å². The van der Waals surface area contributed by atoms with Crippen molar-refractivity contribution in [1.29, 1.82) is 0 Å². The SMILES string of the molecule is C=CNc1nc(F)nc(N)c1N. The van der Waals surface area contributed by atoms with Crippen molar-refractivity contribution in [2.24, 2.45) is 0 Å². The average Bonchev–Trinajstić information content (AvgIpc) is 2.00. The Morgan fingerprint density at radius 3 is 2.67 bits per heavy atom. The van der Waals surface area contributed by atoms with Crippen LogP contribution < -0.4 is 16.8 Å². The Hall–Kier alpha value is -1.85. The molecule has 0 amide bonds. The van der Waals surface area contributed by atoms with Crippen molar-refractivity contribution in [3.63, 3.8) is 0 Å². The molecule has 0 aromatic carbocycles. The lowest BCUT2D eigenvalue weighted by Gasteiger charge is -2.04. The molecule has 5 nitrogen and oxygen atoms in total. The summed E-state index contributed by atoms with van der Waals surface area (Å²) in [5, 5.41) is 2.53. The zero-order chi connectivity index (χ0) is 9.14. The molecule has 0 saturated carbocycles. The number of nitrogen functional groups attached to an aromatic ring is 2. The molecule has 0 radical (unpaired) electrons. The number of nitrogens with one attached hydrogen (secondary N) is 1. The van der Waals surface area contributed by atoms with Crippen LogP contribution in [-0.4, -0.2) is 9.97 Å². The number of rotatable bonds is 2. The van der Waals surface area contributed by atoms with Gasteiger partial charge >= 0.3 is 6.08 Å². The van der Waals surface area contributed by atoms with Crippen LogP contribution in [0.1, 0.15) is 0 Å². The van der Waals surface area contributed by atoms with Gasteiger partial charge in [0.15, 0.2) is 11.6 Å². The van der Waals surface area contributed by atoms with E-state index in [9.17, 15) is 4.39 Å². The fourth-order valence-electron chi connectivity index (χ4n) is 0.665. The van der Waals surface area contributed by atoms with Crippen LogP contribution in [0.2, 0.25) is 0 Å². The fourth-order valence-corrected chi connectivity index (χ4v) is 0.665. The molecule has 0 aliphatic rings. The molecular weight excluding hydrogens is 161 g/mol. The van der Waals surface area contributed by atoms with E-state index in [2.05, 4.69) is 21.9 Å². The van der Waals surface area contributed by atoms with Gasteiger partial charge in [-0.3, -0.25) is 0 Å². The summed E-state index contributed by atoms with van der Waals surface area (Å²) < 4.78 is 12.5. The fraction of sp³-hybridized carbons (Fsp3) is 0. The Morgan fingerprint density at radius 2 is 2.08 bits per heavy atom. The summed E-state index contributed by atoms with van der Waals surface area (Å²) in [6, 6.07) is 0. The summed E-state index contributed by atoms with van der Waals surface area (Å²) in [7, 11) is 0. The molecule has 0 unspecified atom stereocenters. The maximum atomic E-state index is 12.5. The highest BCUT2D eigenvalue weighted by Crippen LogP contribution is 2.20. The zero-order valence-electron chi connectivity index (χ0n) is 6.21. The molecule has 0 atom stereocenters. The lowest BCUT2D eigenvalue weighted by Crippen LogP contribution is -2.06. The molecule has 0 aliphatic carbocycles. The van der Waals surface area contributed by atoms with E-state index < -0.39 is 6.08 Å². The zero-order valence-corrected chi connectivity index (χ0v) is 6.21.